The second-order valence-corrected chi connectivity index (χ2v) is 6.77. The van der Waals surface area contributed by atoms with Crippen molar-refractivity contribution in [1.82, 2.24) is 15.0 Å². The molecular weight excluding hydrogens is 344 g/mol. The largest absolute Gasteiger partial charge is 0.322 e. The van der Waals surface area contributed by atoms with Crippen LogP contribution in [0.2, 0.25) is 0 Å². The number of benzene rings is 2. The van der Waals surface area contributed by atoms with Gasteiger partial charge in [-0.1, -0.05) is 60.3 Å². The molecule has 1 N–H and O–H groups in total. The number of thioether (sulfide) groups is 1. The summed E-state index contributed by atoms with van der Waals surface area (Å²) in [5.41, 5.74) is 6.59. The summed E-state index contributed by atoms with van der Waals surface area (Å²) in [7, 11) is 1.95. The Morgan fingerprint density at radius 3 is 2.69 bits per heavy atom. The molecule has 6 heteroatoms. The predicted molar refractivity (Wildman–Crippen MR) is 108 cm³/mol. The number of amides is 1. The van der Waals surface area contributed by atoms with Crippen molar-refractivity contribution >= 4 is 41.0 Å². The van der Waals surface area contributed by atoms with Crippen molar-refractivity contribution in [2.75, 3.05) is 5.75 Å². The third-order valence-corrected chi connectivity index (χ3v) is 4.76. The van der Waals surface area contributed by atoms with Gasteiger partial charge in [0.1, 0.15) is 0 Å². The first-order chi connectivity index (χ1) is 12.6. The Labute approximate surface area is 156 Å². The Morgan fingerprint density at radius 2 is 1.92 bits per heavy atom. The minimum Gasteiger partial charge on any atom is -0.322 e. The quantitative estimate of drug-likeness (QED) is 0.410. The molecule has 0 saturated heterocycles. The number of hydrazone groups is 1. The number of carbonyl (C=O) groups excluding carboxylic acids is 1. The smallest absolute Gasteiger partial charge is 0.250 e. The average molecular weight is 364 g/mol. The molecule has 0 saturated carbocycles. The number of imidazole rings is 1. The maximum Gasteiger partial charge on any atom is 0.250 e. The Morgan fingerprint density at radius 1 is 1.19 bits per heavy atom. The molecule has 0 spiro atoms. The van der Waals surface area contributed by atoms with E-state index in [1.165, 1.54) is 11.8 Å². The Hall–Kier alpha value is -2.86. The topological polar surface area (TPSA) is 59.3 Å². The number of para-hydroxylation sites is 2. The molecule has 0 aliphatic heterocycles. The summed E-state index contributed by atoms with van der Waals surface area (Å²) in [6.07, 6.45) is 3.65. The van der Waals surface area contributed by atoms with Crippen molar-refractivity contribution in [1.29, 1.82) is 0 Å². The van der Waals surface area contributed by atoms with E-state index in [0.29, 0.717) is 0 Å². The first-order valence-corrected chi connectivity index (χ1v) is 9.21. The Bertz CT molecular complexity index is 960. The number of fused-ring (bicyclic) bond motifs is 1. The molecule has 0 aliphatic rings. The van der Waals surface area contributed by atoms with Crippen LogP contribution in [0, 0.1) is 0 Å². The molecule has 132 valence electrons. The SMILES string of the molecule is CC(/C=N\NC(=O)CSc1nc2ccccc2n1C)=C\c1ccccc1. The van der Waals surface area contributed by atoms with E-state index in [1.54, 1.807) is 6.21 Å². The van der Waals surface area contributed by atoms with Gasteiger partial charge in [0.05, 0.1) is 23.0 Å². The van der Waals surface area contributed by atoms with Crippen LogP contribution in [0.5, 0.6) is 0 Å². The van der Waals surface area contributed by atoms with Crippen LogP contribution in [-0.2, 0) is 11.8 Å². The lowest BCUT2D eigenvalue weighted by atomic mass is 10.1. The lowest BCUT2D eigenvalue weighted by Crippen LogP contribution is -2.19. The summed E-state index contributed by atoms with van der Waals surface area (Å²) in [6.45, 7) is 1.94. The first kappa shape index (κ1) is 17.9. The molecule has 0 atom stereocenters. The van der Waals surface area contributed by atoms with Gasteiger partial charge < -0.3 is 4.57 Å². The highest BCUT2D eigenvalue weighted by molar-refractivity contribution is 7.99. The van der Waals surface area contributed by atoms with Crippen molar-refractivity contribution in [2.24, 2.45) is 12.1 Å². The van der Waals surface area contributed by atoms with E-state index < -0.39 is 0 Å². The third kappa shape index (κ3) is 4.61. The summed E-state index contributed by atoms with van der Waals surface area (Å²) in [6, 6.07) is 17.9. The van der Waals surface area contributed by atoms with Gasteiger partial charge in [-0.25, -0.2) is 10.4 Å². The van der Waals surface area contributed by atoms with Crippen molar-refractivity contribution in [3.63, 3.8) is 0 Å². The maximum absolute atomic E-state index is 12.0. The number of nitrogens with one attached hydrogen (secondary N) is 1. The second-order valence-electron chi connectivity index (χ2n) is 5.82. The van der Waals surface area contributed by atoms with Crippen LogP contribution < -0.4 is 5.43 Å². The molecule has 0 radical (unpaired) electrons. The second kappa shape index (κ2) is 8.49. The molecule has 26 heavy (non-hydrogen) atoms. The minimum atomic E-state index is -0.161. The van der Waals surface area contributed by atoms with E-state index >= 15 is 0 Å². The Kier molecular flexibility index (Phi) is 5.86. The Balaban J connectivity index is 1.52. The molecule has 1 amide bonds. The number of carbonyl (C=O) groups is 1. The normalized spacial score (nSPS) is 12.0. The molecule has 0 aliphatic carbocycles. The highest BCUT2D eigenvalue weighted by atomic mass is 32.2. The number of aromatic nitrogens is 2. The molecule has 2 aromatic carbocycles. The highest BCUT2D eigenvalue weighted by Gasteiger charge is 2.09. The van der Waals surface area contributed by atoms with E-state index in [-0.39, 0.29) is 11.7 Å². The van der Waals surface area contributed by atoms with Crippen molar-refractivity contribution < 1.29 is 4.79 Å². The highest BCUT2D eigenvalue weighted by Crippen LogP contribution is 2.22. The van der Waals surface area contributed by atoms with E-state index in [4.69, 9.17) is 0 Å². The van der Waals surface area contributed by atoms with Crippen LogP contribution in [0.15, 0.2) is 70.4 Å². The predicted octanol–water partition coefficient (Wildman–Crippen LogP) is 3.87. The molecule has 1 heterocycles. The molecule has 5 nitrogen and oxygen atoms in total. The van der Waals surface area contributed by atoms with Crippen LogP contribution in [0.3, 0.4) is 0 Å². The summed E-state index contributed by atoms with van der Waals surface area (Å²) >= 11 is 1.39. The van der Waals surface area contributed by atoms with Gasteiger partial charge in [-0.05, 0) is 30.2 Å². The molecule has 3 aromatic rings. The fourth-order valence-corrected chi connectivity index (χ4v) is 3.25. The number of hydrogen-bond donors (Lipinski definition) is 1. The zero-order valence-corrected chi connectivity index (χ0v) is 15.5. The summed E-state index contributed by atoms with van der Waals surface area (Å²) in [5, 5.41) is 4.82. The van der Waals surface area contributed by atoms with Gasteiger partial charge >= 0.3 is 0 Å². The van der Waals surface area contributed by atoms with Crippen LogP contribution in [-0.4, -0.2) is 27.4 Å². The number of aryl methyl sites for hydroxylation is 1. The van der Waals surface area contributed by atoms with Crippen LogP contribution in [0.4, 0.5) is 0 Å². The van der Waals surface area contributed by atoms with Gasteiger partial charge in [-0.2, -0.15) is 5.10 Å². The summed E-state index contributed by atoms with van der Waals surface area (Å²) < 4.78 is 1.99. The van der Waals surface area contributed by atoms with E-state index in [9.17, 15) is 4.79 Å². The lowest BCUT2D eigenvalue weighted by Gasteiger charge is -2.01. The summed E-state index contributed by atoms with van der Waals surface area (Å²) in [4.78, 5) is 16.5. The van der Waals surface area contributed by atoms with Crippen molar-refractivity contribution in [2.45, 2.75) is 12.1 Å². The van der Waals surface area contributed by atoms with Gasteiger partial charge in [-0.3, -0.25) is 4.79 Å². The third-order valence-electron chi connectivity index (χ3n) is 3.73. The fraction of sp³-hybridized carbons (Fsp3) is 0.150. The van der Waals surface area contributed by atoms with Crippen LogP contribution in [0.1, 0.15) is 12.5 Å². The van der Waals surface area contributed by atoms with Crippen LogP contribution in [0.25, 0.3) is 17.1 Å². The van der Waals surface area contributed by atoms with Crippen molar-refractivity contribution in [3.05, 3.63) is 65.7 Å². The monoisotopic (exact) mass is 364 g/mol. The molecule has 1 aromatic heterocycles. The number of hydrogen-bond acceptors (Lipinski definition) is 4. The lowest BCUT2D eigenvalue weighted by molar-refractivity contribution is -0.118. The zero-order valence-electron chi connectivity index (χ0n) is 14.7. The molecular formula is C20H20N4OS. The minimum absolute atomic E-state index is 0.161. The zero-order chi connectivity index (χ0) is 18.4. The van der Waals surface area contributed by atoms with Crippen LogP contribution >= 0.6 is 11.8 Å². The van der Waals surface area contributed by atoms with Gasteiger partial charge in [0.25, 0.3) is 5.91 Å². The molecule has 0 bridgehead atoms. The molecule has 3 rings (SSSR count). The molecule has 0 unspecified atom stereocenters. The van der Waals surface area contributed by atoms with E-state index in [2.05, 4.69) is 15.5 Å². The standard InChI is InChI=1S/C20H20N4OS/c1-15(12-16-8-4-3-5-9-16)13-21-23-19(25)14-26-20-22-17-10-6-7-11-18(17)24(20)2/h3-13H,14H2,1-2H3,(H,23,25)/b15-12+,21-13-. The number of allylic oxidation sites excluding steroid dienone is 1. The van der Waals surface area contributed by atoms with Crippen molar-refractivity contribution in [3.8, 4) is 0 Å². The van der Waals surface area contributed by atoms with Gasteiger partial charge in [0, 0.05) is 7.05 Å². The number of rotatable bonds is 6. The summed E-state index contributed by atoms with van der Waals surface area (Å²) in [5.74, 6) is 0.0986. The fourth-order valence-electron chi connectivity index (χ4n) is 2.47. The molecule has 0 fully saturated rings. The van der Waals surface area contributed by atoms with Gasteiger partial charge in [0.2, 0.25) is 0 Å². The van der Waals surface area contributed by atoms with Gasteiger partial charge in [-0.15, -0.1) is 0 Å². The van der Waals surface area contributed by atoms with E-state index in [1.807, 2.05) is 79.2 Å². The first-order valence-electron chi connectivity index (χ1n) is 8.23. The number of nitrogens with zero attached hydrogens (tertiary/aromatic N) is 3. The van der Waals surface area contributed by atoms with E-state index in [0.717, 1.165) is 27.3 Å². The average Bonchev–Trinajstić information content (AvgIpc) is 2.97. The maximum atomic E-state index is 12.0. The van der Waals surface area contributed by atoms with Gasteiger partial charge in [0.15, 0.2) is 5.16 Å².